The van der Waals surface area contributed by atoms with Crippen molar-refractivity contribution in [3.63, 3.8) is 0 Å². The van der Waals surface area contributed by atoms with Crippen molar-refractivity contribution >= 4 is 53.9 Å². The van der Waals surface area contributed by atoms with Crippen molar-refractivity contribution < 1.29 is 0 Å². The SMILES string of the molecule is O=c1c2ccccc2c2c1ccc1c(=O)c3ccc4ccccc4c3c12. The molecule has 0 fully saturated rings. The first-order valence-corrected chi connectivity index (χ1v) is 8.63. The van der Waals surface area contributed by atoms with Gasteiger partial charge in [-0.25, -0.2) is 0 Å². The smallest absolute Gasteiger partial charge is 0.194 e. The van der Waals surface area contributed by atoms with E-state index in [9.17, 15) is 9.59 Å². The van der Waals surface area contributed by atoms with Gasteiger partial charge in [-0.2, -0.15) is 0 Å². The maximum Gasteiger partial charge on any atom is 0.194 e. The molecule has 120 valence electrons. The Labute approximate surface area is 147 Å². The summed E-state index contributed by atoms with van der Waals surface area (Å²) in [5.74, 6) is 0. The first-order valence-electron chi connectivity index (χ1n) is 8.63. The third-order valence-electron chi connectivity index (χ3n) is 5.56. The zero-order valence-corrected chi connectivity index (χ0v) is 13.7. The van der Waals surface area contributed by atoms with Crippen LogP contribution >= 0.6 is 0 Å². The van der Waals surface area contributed by atoms with E-state index in [-0.39, 0.29) is 10.9 Å². The predicted molar refractivity (Wildman–Crippen MR) is 109 cm³/mol. The molecule has 0 aliphatic rings. The zero-order chi connectivity index (χ0) is 17.4. The van der Waals surface area contributed by atoms with E-state index in [0.717, 1.165) is 43.1 Å². The van der Waals surface area contributed by atoms with Crippen molar-refractivity contribution in [2.24, 2.45) is 0 Å². The van der Waals surface area contributed by atoms with E-state index in [1.165, 1.54) is 0 Å². The van der Waals surface area contributed by atoms with Crippen LogP contribution in [0, 0.1) is 0 Å². The summed E-state index contributed by atoms with van der Waals surface area (Å²) in [5, 5.41) is 8.70. The van der Waals surface area contributed by atoms with Crippen LogP contribution in [0.4, 0.5) is 0 Å². The van der Waals surface area contributed by atoms with E-state index in [4.69, 9.17) is 0 Å². The van der Waals surface area contributed by atoms with Gasteiger partial charge in [0.2, 0.25) is 0 Å². The van der Waals surface area contributed by atoms with Gasteiger partial charge in [-0.3, -0.25) is 9.59 Å². The average Bonchev–Trinajstić information content (AvgIpc) is 3.15. The van der Waals surface area contributed by atoms with Gasteiger partial charge in [-0.05, 0) is 34.4 Å². The largest absolute Gasteiger partial charge is 0.289 e. The average molecular weight is 332 g/mol. The molecule has 6 aromatic carbocycles. The summed E-state index contributed by atoms with van der Waals surface area (Å²) in [6.45, 7) is 0. The van der Waals surface area contributed by atoms with E-state index in [1.807, 2.05) is 60.7 Å². The van der Waals surface area contributed by atoms with Crippen LogP contribution in [-0.2, 0) is 0 Å². The normalized spacial score (nSPS) is 12.2. The summed E-state index contributed by atoms with van der Waals surface area (Å²) in [4.78, 5) is 25.9. The fourth-order valence-corrected chi connectivity index (χ4v) is 4.44. The molecular weight excluding hydrogens is 320 g/mol. The van der Waals surface area contributed by atoms with Crippen molar-refractivity contribution in [3.05, 3.63) is 93.2 Å². The summed E-state index contributed by atoms with van der Waals surface area (Å²) in [7, 11) is 0. The highest BCUT2D eigenvalue weighted by molar-refractivity contribution is 6.34. The summed E-state index contributed by atoms with van der Waals surface area (Å²) in [6.07, 6.45) is 0. The van der Waals surface area contributed by atoms with Crippen LogP contribution in [0.15, 0.2) is 82.4 Å². The molecule has 6 aromatic rings. The zero-order valence-electron chi connectivity index (χ0n) is 13.7. The van der Waals surface area contributed by atoms with Gasteiger partial charge in [0.25, 0.3) is 0 Å². The second-order valence-electron chi connectivity index (χ2n) is 6.82. The Hall–Kier alpha value is -3.52. The monoisotopic (exact) mass is 332 g/mol. The Balaban J connectivity index is 2.09. The van der Waals surface area contributed by atoms with Crippen LogP contribution in [0.5, 0.6) is 0 Å². The number of fused-ring (bicyclic) bond motifs is 9. The topological polar surface area (TPSA) is 34.1 Å². The molecule has 0 aromatic heterocycles. The molecule has 0 saturated carbocycles. The Kier molecular flexibility index (Phi) is 2.41. The summed E-state index contributed by atoms with van der Waals surface area (Å²) in [6, 6.07) is 23.3. The van der Waals surface area contributed by atoms with Gasteiger partial charge in [0, 0.05) is 37.7 Å². The van der Waals surface area contributed by atoms with Gasteiger partial charge in [0.05, 0.1) is 0 Å². The Bertz CT molecular complexity index is 1610. The highest BCUT2D eigenvalue weighted by Gasteiger charge is 2.19. The van der Waals surface area contributed by atoms with E-state index in [2.05, 4.69) is 12.1 Å². The van der Waals surface area contributed by atoms with Crippen molar-refractivity contribution in [1.82, 2.24) is 0 Å². The summed E-state index contributed by atoms with van der Waals surface area (Å²) >= 11 is 0. The minimum Gasteiger partial charge on any atom is -0.289 e. The fraction of sp³-hybridized carbons (Fsp3) is 0. The highest BCUT2D eigenvalue weighted by Crippen LogP contribution is 2.38. The molecule has 0 N–H and O–H groups in total. The van der Waals surface area contributed by atoms with Gasteiger partial charge >= 0.3 is 0 Å². The van der Waals surface area contributed by atoms with Gasteiger partial charge in [-0.15, -0.1) is 0 Å². The van der Waals surface area contributed by atoms with Crippen molar-refractivity contribution in [3.8, 4) is 0 Å². The molecule has 6 rings (SSSR count). The molecule has 0 aliphatic carbocycles. The third kappa shape index (κ3) is 1.48. The number of benzene rings is 4. The third-order valence-corrected chi connectivity index (χ3v) is 5.56. The quantitative estimate of drug-likeness (QED) is 0.390. The first-order chi connectivity index (χ1) is 12.8. The molecule has 0 spiro atoms. The van der Waals surface area contributed by atoms with Crippen LogP contribution in [0.25, 0.3) is 53.9 Å². The molecule has 0 unspecified atom stereocenters. The predicted octanol–water partition coefficient (Wildman–Crippen LogP) is 5.05. The van der Waals surface area contributed by atoms with Gasteiger partial charge in [0.1, 0.15) is 0 Å². The van der Waals surface area contributed by atoms with Crippen LogP contribution in [0.1, 0.15) is 0 Å². The second-order valence-corrected chi connectivity index (χ2v) is 6.82. The molecule has 0 saturated heterocycles. The van der Waals surface area contributed by atoms with E-state index in [1.54, 1.807) is 0 Å². The van der Waals surface area contributed by atoms with E-state index >= 15 is 0 Å². The van der Waals surface area contributed by atoms with E-state index in [0.29, 0.717) is 10.8 Å². The maximum absolute atomic E-state index is 13.0. The standard InChI is InChI=1S/C24H12O2/c25-23-16-8-4-3-7-15(16)21-18(23)11-12-19-22(21)20-14-6-2-1-5-13(14)9-10-17(20)24(19)26/h1-12H. The minimum absolute atomic E-state index is 0.0412. The summed E-state index contributed by atoms with van der Waals surface area (Å²) < 4.78 is 0. The van der Waals surface area contributed by atoms with Crippen LogP contribution < -0.4 is 10.9 Å². The van der Waals surface area contributed by atoms with Crippen LogP contribution in [0.2, 0.25) is 0 Å². The molecule has 0 atom stereocenters. The fourth-order valence-electron chi connectivity index (χ4n) is 4.44. The van der Waals surface area contributed by atoms with Crippen molar-refractivity contribution in [1.29, 1.82) is 0 Å². The molecule has 2 nitrogen and oxygen atoms in total. The molecule has 0 radical (unpaired) electrons. The molecule has 2 heteroatoms. The van der Waals surface area contributed by atoms with Crippen molar-refractivity contribution in [2.75, 3.05) is 0 Å². The molecular formula is C24H12O2. The molecule has 0 amide bonds. The van der Waals surface area contributed by atoms with Gasteiger partial charge < -0.3 is 0 Å². The van der Waals surface area contributed by atoms with Gasteiger partial charge in [0.15, 0.2) is 10.9 Å². The molecule has 0 bridgehead atoms. The lowest BCUT2D eigenvalue weighted by atomic mass is 10.0. The second kappa shape index (κ2) is 4.55. The van der Waals surface area contributed by atoms with Crippen LogP contribution in [-0.4, -0.2) is 0 Å². The number of hydrogen-bond acceptors (Lipinski definition) is 2. The Morgan fingerprint density at radius 3 is 1.65 bits per heavy atom. The van der Waals surface area contributed by atoms with Crippen LogP contribution in [0.3, 0.4) is 0 Å². The lowest BCUT2D eigenvalue weighted by Gasteiger charge is -2.02. The maximum atomic E-state index is 13.0. The van der Waals surface area contributed by atoms with Crippen molar-refractivity contribution in [2.45, 2.75) is 0 Å². The molecule has 0 aliphatic heterocycles. The lowest BCUT2D eigenvalue weighted by Crippen LogP contribution is -1.95. The highest BCUT2D eigenvalue weighted by atomic mass is 16.1. The Morgan fingerprint density at radius 1 is 0.385 bits per heavy atom. The number of rotatable bonds is 0. The summed E-state index contributed by atoms with van der Waals surface area (Å²) in [5.41, 5.74) is 0.0833. The Morgan fingerprint density at radius 2 is 0.885 bits per heavy atom. The number of hydrogen-bond donors (Lipinski definition) is 0. The minimum atomic E-state index is 0.0412. The first kappa shape index (κ1) is 13.7. The molecule has 0 heterocycles. The molecule has 26 heavy (non-hydrogen) atoms. The lowest BCUT2D eigenvalue weighted by molar-refractivity contribution is 1.79. The van der Waals surface area contributed by atoms with Gasteiger partial charge in [-0.1, -0.05) is 54.6 Å². The van der Waals surface area contributed by atoms with E-state index < -0.39 is 0 Å².